The largest absolute Gasteiger partial charge is 0.351 e. The molecule has 1 aromatic rings. The topological polar surface area (TPSA) is 91.3 Å². The number of aromatic amines is 1. The summed E-state index contributed by atoms with van der Waals surface area (Å²) >= 11 is 0. The van der Waals surface area contributed by atoms with Gasteiger partial charge in [0, 0.05) is 31.7 Å². The van der Waals surface area contributed by atoms with Crippen molar-refractivity contribution in [2.45, 2.75) is 13.0 Å². The van der Waals surface area contributed by atoms with Crippen molar-refractivity contribution in [3.8, 4) is 0 Å². The Morgan fingerprint density at radius 1 is 1.53 bits per heavy atom. The standard InChI is InChI=1S/C12H16N4O3/c1-7-10-5-13-3-8(10)6-15(7)12(17)11-2-9(4-14-11)16(18)19/h2,4,7-8,10,13-14H,3,5-6H2,1H3. The summed E-state index contributed by atoms with van der Waals surface area (Å²) < 4.78 is 0. The number of amides is 1. The summed E-state index contributed by atoms with van der Waals surface area (Å²) in [5.41, 5.74) is 0.226. The number of carbonyl (C=O) groups is 1. The van der Waals surface area contributed by atoms with E-state index in [-0.39, 0.29) is 17.6 Å². The highest BCUT2D eigenvalue weighted by atomic mass is 16.6. The minimum Gasteiger partial charge on any atom is -0.351 e. The van der Waals surface area contributed by atoms with Crippen molar-refractivity contribution in [2.75, 3.05) is 19.6 Å². The van der Waals surface area contributed by atoms with Crippen molar-refractivity contribution in [1.82, 2.24) is 15.2 Å². The molecule has 3 heterocycles. The van der Waals surface area contributed by atoms with E-state index in [0.717, 1.165) is 19.6 Å². The number of likely N-dealkylation sites (tertiary alicyclic amines) is 1. The maximum Gasteiger partial charge on any atom is 0.287 e. The van der Waals surface area contributed by atoms with Crippen LogP contribution >= 0.6 is 0 Å². The van der Waals surface area contributed by atoms with Crippen LogP contribution in [0.25, 0.3) is 0 Å². The first-order valence-corrected chi connectivity index (χ1v) is 6.42. The first-order valence-electron chi connectivity index (χ1n) is 6.42. The summed E-state index contributed by atoms with van der Waals surface area (Å²) in [6, 6.07) is 1.48. The van der Waals surface area contributed by atoms with Gasteiger partial charge in [-0.2, -0.15) is 0 Å². The van der Waals surface area contributed by atoms with E-state index in [1.165, 1.54) is 12.3 Å². The van der Waals surface area contributed by atoms with E-state index in [1.807, 2.05) is 11.8 Å². The number of hydrogen-bond donors (Lipinski definition) is 2. The lowest BCUT2D eigenvalue weighted by Crippen LogP contribution is -2.38. The Morgan fingerprint density at radius 2 is 2.32 bits per heavy atom. The van der Waals surface area contributed by atoms with Crippen LogP contribution in [-0.4, -0.2) is 46.4 Å². The maximum absolute atomic E-state index is 12.4. The number of aromatic nitrogens is 1. The molecule has 0 bridgehead atoms. The molecule has 0 spiro atoms. The third-order valence-corrected chi connectivity index (χ3v) is 4.30. The molecule has 2 saturated heterocycles. The van der Waals surface area contributed by atoms with Gasteiger partial charge < -0.3 is 15.2 Å². The second-order valence-corrected chi connectivity index (χ2v) is 5.31. The molecule has 0 saturated carbocycles. The third kappa shape index (κ3) is 1.90. The lowest BCUT2D eigenvalue weighted by Gasteiger charge is -2.23. The van der Waals surface area contributed by atoms with Crippen LogP contribution in [0.4, 0.5) is 5.69 Å². The van der Waals surface area contributed by atoms with Crippen LogP contribution in [0.5, 0.6) is 0 Å². The van der Waals surface area contributed by atoms with E-state index in [4.69, 9.17) is 0 Å². The van der Waals surface area contributed by atoms with Gasteiger partial charge in [0.2, 0.25) is 0 Å². The highest BCUT2D eigenvalue weighted by Crippen LogP contribution is 2.33. The number of nitrogens with zero attached hydrogens (tertiary/aromatic N) is 2. The molecule has 3 unspecified atom stereocenters. The van der Waals surface area contributed by atoms with Crippen molar-refractivity contribution < 1.29 is 9.72 Å². The SMILES string of the molecule is CC1C2CNCC2CN1C(=O)c1cc([N+](=O)[O-])c[nH]1. The van der Waals surface area contributed by atoms with Gasteiger partial charge >= 0.3 is 0 Å². The average Bonchev–Trinajstić information content (AvgIpc) is 3.05. The molecule has 2 aliphatic rings. The molecule has 0 aliphatic carbocycles. The number of carbonyl (C=O) groups excluding carboxylic acids is 1. The minimum atomic E-state index is -0.501. The van der Waals surface area contributed by atoms with Crippen molar-refractivity contribution >= 4 is 11.6 Å². The first-order chi connectivity index (χ1) is 9.08. The quantitative estimate of drug-likeness (QED) is 0.604. The van der Waals surface area contributed by atoms with Crippen LogP contribution in [0.3, 0.4) is 0 Å². The lowest BCUT2D eigenvalue weighted by molar-refractivity contribution is -0.384. The van der Waals surface area contributed by atoms with Crippen molar-refractivity contribution in [3.63, 3.8) is 0 Å². The fourth-order valence-corrected chi connectivity index (χ4v) is 3.20. The predicted molar refractivity (Wildman–Crippen MR) is 67.8 cm³/mol. The number of fused-ring (bicyclic) bond motifs is 1. The molecule has 3 rings (SSSR count). The van der Waals surface area contributed by atoms with Crippen molar-refractivity contribution in [2.24, 2.45) is 11.8 Å². The number of rotatable bonds is 2. The summed E-state index contributed by atoms with van der Waals surface area (Å²) in [4.78, 5) is 27.0. The molecule has 1 amide bonds. The molecule has 3 atom stereocenters. The van der Waals surface area contributed by atoms with Gasteiger partial charge in [0.1, 0.15) is 5.69 Å². The zero-order valence-electron chi connectivity index (χ0n) is 10.6. The van der Waals surface area contributed by atoms with Crippen LogP contribution in [0, 0.1) is 22.0 Å². The Morgan fingerprint density at radius 3 is 2.95 bits per heavy atom. The summed E-state index contributed by atoms with van der Waals surface area (Å²) in [6.45, 7) is 4.67. The Balaban J connectivity index is 1.78. The lowest BCUT2D eigenvalue weighted by atomic mass is 9.95. The second-order valence-electron chi connectivity index (χ2n) is 5.31. The van der Waals surface area contributed by atoms with Crippen LogP contribution < -0.4 is 5.32 Å². The monoisotopic (exact) mass is 264 g/mol. The van der Waals surface area contributed by atoms with Gasteiger partial charge in [0.05, 0.1) is 11.1 Å². The average molecular weight is 264 g/mol. The summed E-state index contributed by atoms with van der Waals surface area (Å²) in [5.74, 6) is 0.854. The minimum absolute atomic E-state index is 0.0722. The van der Waals surface area contributed by atoms with E-state index in [1.54, 1.807) is 0 Å². The van der Waals surface area contributed by atoms with Crippen LogP contribution in [-0.2, 0) is 0 Å². The third-order valence-electron chi connectivity index (χ3n) is 4.30. The Bertz CT molecular complexity index is 527. The van der Waals surface area contributed by atoms with E-state index in [2.05, 4.69) is 10.3 Å². The van der Waals surface area contributed by atoms with Gasteiger partial charge in [-0.1, -0.05) is 0 Å². The first kappa shape index (κ1) is 12.2. The number of hydrogen-bond acceptors (Lipinski definition) is 4. The molecular weight excluding hydrogens is 248 g/mol. The molecule has 0 aromatic carbocycles. The van der Waals surface area contributed by atoms with Crippen LogP contribution in [0.2, 0.25) is 0 Å². The van der Waals surface area contributed by atoms with Gasteiger partial charge in [0.25, 0.3) is 11.6 Å². The second kappa shape index (κ2) is 4.34. The van der Waals surface area contributed by atoms with Gasteiger partial charge in [-0.3, -0.25) is 14.9 Å². The molecule has 0 radical (unpaired) electrons. The van der Waals surface area contributed by atoms with Gasteiger partial charge in [-0.25, -0.2) is 0 Å². The Labute approximate surface area is 110 Å². The normalized spacial score (nSPS) is 29.5. The van der Waals surface area contributed by atoms with E-state index >= 15 is 0 Å². The number of H-pyrrole nitrogens is 1. The van der Waals surface area contributed by atoms with Gasteiger partial charge in [-0.15, -0.1) is 0 Å². The summed E-state index contributed by atoms with van der Waals surface area (Å²) in [6.07, 6.45) is 1.26. The molecule has 7 heteroatoms. The number of nitrogens with one attached hydrogen (secondary N) is 2. The molecule has 19 heavy (non-hydrogen) atoms. The zero-order chi connectivity index (χ0) is 13.6. The molecule has 1 aromatic heterocycles. The summed E-state index contributed by atoms with van der Waals surface area (Å²) in [5, 5.41) is 14.0. The van der Waals surface area contributed by atoms with Gasteiger partial charge in [-0.05, 0) is 18.8 Å². The van der Waals surface area contributed by atoms with Crippen LogP contribution in [0.15, 0.2) is 12.3 Å². The molecule has 2 fully saturated rings. The van der Waals surface area contributed by atoms with Crippen LogP contribution in [0.1, 0.15) is 17.4 Å². The molecule has 2 aliphatic heterocycles. The zero-order valence-corrected chi connectivity index (χ0v) is 10.6. The molecule has 7 nitrogen and oxygen atoms in total. The number of nitro groups is 1. The maximum atomic E-state index is 12.4. The Hall–Kier alpha value is -1.89. The fraction of sp³-hybridized carbons (Fsp3) is 0.583. The predicted octanol–water partition coefficient (Wildman–Crippen LogP) is 0.603. The Kier molecular flexibility index (Phi) is 2.78. The molecular formula is C12H16N4O3. The van der Waals surface area contributed by atoms with E-state index in [9.17, 15) is 14.9 Å². The molecule has 2 N–H and O–H groups in total. The fourth-order valence-electron chi connectivity index (χ4n) is 3.20. The van der Waals surface area contributed by atoms with Gasteiger partial charge in [0.15, 0.2) is 0 Å². The van der Waals surface area contributed by atoms with Crippen molar-refractivity contribution in [1.29, 1.82) is 0 Å². The van der Waals surface area contributed by atoms with E-state index in [0.29, 0.717) is 17.5 Å². The highest BCUT2D eigenvalue weighted by Gasteiger charge is 2.44. The van der Waals surface area contributed by atoms with E-state index < -0.39 is 4.92 Å². The van der Waals surface area contributed by atoms with Crippen molar-refractivity contribution in [3.05, 3.63) is 28.1 Å². The molecule has 102 valence electrons. The summed E-state index contributed by atoms with van der Waals surface area (Å²) in [7, 11) is 0. The highest BCUT2D eigenvalue weighted by molar-refractivity contribution is 5.93. The smallest absolute Gasteiger partial charge is 0.287 e.